The quantitative estimate of drug-likeness (QED) is 0.466. The Balaban J connectivity index is 1.72. The third-order valence-corrected chi connectivity index (χ3v) is 7.56. The molecule has 3 nitrogen and oxygen atoms in total. The first kappa shape index (κ1) is 22.3. The van der Waals surface area contributed by atoms with E-state index in [0.717, 1.165) is 28.8 Å². The highest BCUT2D eigenvalue weighted by Crippen LogP contribution is 2.39. The first-order chi connectivity index (χ1) is 15.2. The predicted molar refractivity (Wildman–Crippen MR) is 118 cm³/mol. The fourth-order valence-corrected chi connectivity index (χ4v) is 5.45. The number of benzene rings is 3. The maximum absolute atomic E-state index is 13.5. The van der Waals surface area contributed by atoms with E-state index in [9.17, 15) is 21.6 Å². The fourth-order valence-electron chi connectivity index (χ4n) is 3.90. The largest absolute Gasteiger partial charge is 0.416 e. The summed E-state index contributed by atoms with van der Waals surface area (Å²) >= 11 is 0. The van der Waals surface area contributed by atoms with Crippen molar-refractivity contribution in [2.24, 2.45) is 0 Å². The minimum atomic E-state index is -4.40. The average Bonchev–Trinajstić information content (AvgIpc) is 2.79. The zero-order valence-electron chi connectivity index (χ0n) is 17.4. The van der Waals surface area contributed by atoms with Crippen LogP contribution in [0.25, 0.3) is 5.57 Å². The van der Waals surface area contributed by atoms with E-state index in [0.29, 0.717) is 12.0 Å². The lowest BCUT2D eigenvalue weighted by atomic mass is 9.91. The van der Waals surface area contributed by atoms with Crippen molar-refractivity contribution >= 4 is 15.6 Å². The molecule has 0 spiro atoms. The maximum Gasteiger partial charge on any atom is 0.416 e. The molecule has 3 aromatic rings. The molecule has 32 heavy (non-hydrogen) atoms. The molecule has 0 aromatic heterocycles. The molecule has 1 atom stereocenters. The lowest BCUT2D eigenvalue weighted by Crippen LogP contribution is -2.37. The van der Waals surface area contributed by atoms with Crippen LogP contribution in [0.4, 0.5) is 13.2 Å². The van der Waals surface area contributed by atoms with Crippen molar-refractivity contribution in [1.29, 1.82) is 0 Å². The van der Waals surface area contributed by atoms with Gasteiger partial charge in [0.25, 0.3) is 0 Å². The molecule has 3 aromatic carbocycles. The van der Waals surface area contributed by atoms with Gasteiger partial charge in [-0.3, -0.25) is 0 Å². The van der Waals surface area contributed by atoms with Crippen molar-refractivity contribution in [1.82, 2.24) is 4.31 Å². The molecule has 0 saturated carbocycles. The number of halogens is 3. The average molecular weight is 458 g/mol. The van der Waals surface area contributed by atoms with E-state index in [1.807, 2.05) is 37.3 Å². The summed E-state index contributed by atoms with van der Waals surface area (Å²) in [6, 6.07) is 20.6. The van der Waals surface area contributed by atoms with Gasteiger partial charge in [0.15, 0.2) is 0 Å². The Morgan fingerprint density at radius 3 is 2.09 bits per heavy atom. The summed E-state index contributed by atoms with van der Waals surface area (Å²) < 4.78 is 67.1. The number of hydrogen-bond donors (Lipinski definition) is 0. The third kappa shape index (κ3) is 4.49. The second-order valence-electron chi connectivity index (χ2n) is 7.82. The number of sulfonamides is 1. The molecule has 0 aliphatic carbocycles. The highest BCUT2D eigenvalue weighted by atomic mass is 32.2. The van der Waals surface area contributed by atoms with Gasteiger partial charge in [-0.2, -0.15) is 17.5 Å². The minimum absolute atomic E-state index is 0.131. The molecule has 0 saturated heterocycles. The van der Waals surface area contributed by atoms with Gasteiger partial charge in [0.1, 0.15) is 0 Å². The monoisotopic (exact) mass is 457 g/mol. The summed E-state index contributed by atoms with van der Waals surface area (Å²) in [6.07, 6.45) is -2.25. The van der Waals surface area contributed by atoms with Crippen LogP contribution in [-0.2, 0) is 16.2 Å². The normalized spacial score (nSPS) is 17.8. The lowest BCUT2D eigenvalue weighted by Gasteiger charge is -2.35. The van der Waals surface area contributed by atoms with Gasteiger partial charge in [-0.15, -0.1) is 0 Å². The van der Waals surface area contributed by atoms with Crippen molar-refractivity contribution in [3.8, 4) is 0 Å². The van der Waals surface area contributed by atoms with Crippen LogP contribution in [0.15, 0.2) is 89.8 Å². The number of aryl methyl sites for hydroxylation is 1. The smallest absolute Gasteiger partial charge is 0.207 e. The van der Waals surface area contributed by atoms with Gasteiger partial charge in [-0.25, -0.2) is 8.42 Å². The molecule has 0 radical (unpaired) electrons. The number of alkyl halides is 3. The number of rotatable bonds is 4. The third-order valence-electron chi connectivity index (χ3n) is 5.67. The molecule has 0 fully saturated rings. The van der Waals surface area contributed by atoms with E-state index in [-0.39, 0.29) is 11.4 Å². The molecule has 1 aliphatic rings. The van der Waals surface area contributed by atoms with E-state index in [4.69, 9.17) is 0 Å². The van der Waals surface area contributed by atoms with E-state index in [2.05, 4.69) is 0 Å². The Morgan fingerprint density at radius 2 is 1.50 bits per heavy atom. The zero-order chi connectivity index (χ0) is 22.9. The van der Waals surface area contributed by atoms with Gasteiger partial charge < -0.3 is 0 Å². The standard InChI is InChI=1S/C25H22F3NO2S/c1-18-7-13-23(14-8-18)32(30,31)29-16-15-21(17-24(29)20-5-3-2-4-6-20)19-9-11-22(12-10-19)25(26,27)28/h2-15,24H,16-17H2,1H3. The summed E-state index contributed by atoms with van der Waals surface area (Å²) in [5.41, 5.74) is 2.57. The highest BCUT2D eigenvalue weighted by molar-refractivity contribution is 7.89. The molecule has 7 heteroatoms. The Morgan fingerprint density at radius 1 is 0.875 bits per heavy atom. The van der Waals surface area contributed by atoms with Crippen molar-refractivity contribution in [2.75, 3.05) is 6.54 Å². The lowest BCUT2D eigenvalue weighted by molar-refractivity contribution is -0.137. The first-order valence-corrected chi connectivity index (χ1v) is 11.6. The van der Waals surface area contributed by atoms with Crippen molar-refractivity contribution in [3.63, 3.8) is 0 Å². The summed E-state index contributed by atoms with van der Waals surface area (Å²) in [7, 11) is -3.77. The van der Waals surface area contributed by atoms with Crippen molar-refractivity contribution < 1.29 is 21.6 Å². The van der Waals surface area contributed by atoms with E-state index >= 15 is 0 Å². The van der Waals surface area contributed by atoms with Crippen LogP contribution in [0.2, 0.25) is 0 Å². The van der Waals surface area contributed by atoms with Gasteiger partial charge in [0, 0.05) is 6.54 Å². The Hall–Kier alpha value is -2.90. The predicted octanol–water partition coefficient (Wildman–Crippen LogP) is 6.23. The first-order valence-electron chi connectivity index (χ1n) is 10.2. The number of nitrogens with zero attached hydrogens (tertiary/aromatic N) is 1. The van der Waals surface area contributed by atoms with Gasteiger partial charge in [0.05, 0.1) is 16.5 Å². The zero-order valence-corrected chi connectivity index (χ0v) is 18.2. The molecular formula is C25H22F3NO2S. The van der Waals surface area contributed by atoms with Gasteiger partial charge in [-0.05, 0) is 54.3 Å². The Kier molecular flexibility index (Phi) is 5.97. The molecule has 0 N–H and O–H groups in total. The van der Waals surface area contributed by atoms with Crippen LogP contribution in [0.1, 0.15) is 34.7 Å². The molecule has 4 rings (SSSR count). The molecule has 1 heterocycles. The fraction of sp³-hybridized carbons (Fsp3) is 0.200. The van der Waals surface area contributed by atoms with Crippen LogP contribution >= 0.6 is 0 Å². The van der Waals surface area contributed by atoms with Crippen LogP contribution in [-0.4, -0.2) is 19.3 Å². The van der Waals surface area contributed by atoms with Crippen LogP contribution < -0.4 is 0 Å². The Labute approximate surface area is 185 Å². The van der Waals surface area contributed by atoms with Crippen LogP contribution in [0.3, 0.4) is 0 Å². The summed E-state index contributed by atoms with van der Waals surface area (Å²) in [5, 5.41) is 0. The molecule has 0 amide bonds. The van der Waals surface area contributed by atoms with E-state index in [1.54, 1.807) is 30.3 Å². The van der Waals surface area contributed by atoms with E-state index < -0.39 is 27.8 Å². The van der Waals surface area contributed by atoms with Gasteiger partial charge in [-0.1, -0.05) is 66.2 Å². The van der Waals surface area contributed by atoms with Gasteiger partial charge in [0.2, 0.25) is 10.0 Å². The van der Waals surface area contributed by atoms with Crippen molar-refractivity contribution in [3.05, 3.63) is 107 Å². The highest BCUT2D eigenvalue weighted by Gasteiger charge is 2.35. The second-order valence-corrected chi connectivity index (χ2v) is 9.71. The van der Waals surface area contributed by atoms with E-state index in [1.165, 1.54) is 16.4 Å². The summed E-state index contributed by atoms with van der Waals surface area (Å²) in [6.45, 7) is 2.02. The van der Waals surface area contributed by atoms with Crippen LogP contribution in [0, 0.1) is 6.92 Å². The SMILES string of the molecule is Cc1ccc(S(=O)(=O)N2CC=C(c3ccc(C(F)(F)F)cc3)CC2c2ccccc2)cc1. The number of hydrogen-bond acceptors (Lipinski definition) is 2. The van der Waals surface area contributed by atoms with Crippen molar-refractivity contribution in [2.45, 2.75) is 30.5 Å². The topological polar surface area (TPSA) is 37.4 Å². The minimum Gasteiger partial charge on any atom is -0.207 e. The summed E-state index contributed by atoms with van der Waals surface area (Å²) in [4.78, 5) is 0.218. The molecule has 166 valence electrons. The van der Waals surface area contributed by atoms with Crippen LogP contribution in [0.5, 0.6) is 0 Å². The molecular weight excluding hydrogens is 435 g/mol. The second kappa shape index (κ2) is 8.56. The maximum atomic E-state index is 13.5. The molecule has 1 unspecified atom stereocenters. The van der Waals surface area contributed by atoms with Gasteiger partial charge >= 0.3 is 6.18 Å². The Bertz CT molecular complexity index is 1220. The molecule has 0 bridgehead atoms. The molecule has 1 aliphatic heterocycles. The summed E-state index contributed by atoms with van der Waals surface area (Å²) in [5.74, 6) is 0.